The molecule has 3 aromatic rings. The number of piperidine rings is 1. The monoisotopic (exact) mass is 445 g/mol. The van der Waals surface area contributed by atoms with Crippen LogP contribution in [0.4, 0.5) is 0 Å². The second-order valence-corrected chi connectivity index (χ2v) is 10.2. The molecule has 1 fully saturated rings. The third kappa shape index (κ3) is 3.90. The zero-order valence-electron chi connectivity index (χ0n) is 16.9. The second-order valence-electron chi connectivity index (χ2n) is 7.84. The van der Waals surface area contributed by atoms with Gasteiger partial charge in [-0.25, -0.2) is 8.42 Å². The van der Waals surface area contributed by atoms with Crippen molar-refractivity contribution in [2.45, 2.75) is 23.8 Å². The van der Waals surface area contributed by atoms with Gasteiger partial charge in [-0.2, -0.15) is 4.31 Å². The molecule has 30 heavy (non-hydrogen) atoms. The number of hydrogen-bond acceptors (Lipinski definition) is 4. The number of aromatic amines is 1. The average molecular weight is 446 g/mol. The molecule has 1 aromatic heterocycles. The van der Waals surface area contributed by atoms with Crippen molar-refractivity contribution < 1.29 is 8.42 Å². The second kappa shape index (κ2) is 8.15. The molecule has 2 aromatic carbocycles. The number of hydrogen-bond donors (Lipinski definition) is 1. The highest BCUT2D eigenvalue weighted by Crippen LogP contribution is 2.27. The van der Waals surface area contributed by atoms with Crippen molar-refractivity contribution in [2.24, 2.45) is 0 Å². The molecule has 0 atom stereocenters. The molecule has 6 nitrogen and oxygen atoms in total. The average Bonchev–Trinajstić information content (AvgIpc) is 2.74. The van der Waals surface area contributed by atoms with E-state index in [9.17, 15) is 13.2 Å². The first kappa shape index (κ1) is 21.1. The molecule has 0 unspecified atom stereocenters. The van der Waals surface area contributed by atoms with E-state index in [1.807, 2.05) is 20.2 Å². The summed E-state index contributed by atoms with van der Waals surface area (Å²) in [6, 6.07) is 14.0. The van der Waals surface area contributed by atoms with E-state index in [0.29, 0.717) is 40.6 Å². The van der Waals surface area contributed by atoms with E-state index in [1.54, 1.807) is 46.8 Å². The van der Waals surface area contributed by atoms with E-state index in [2.05, 4.69) is 9.88 Å². The number of fused-ring (bicyclic) bond motifs is 1. The zero-order chi connectivity index (χ0) is 21.5. The Hall–Kier alpha value is -2.19. The predicted octanol–water partition coefficient (Wildman–Crippen LogP) is 3.56. The molecule has 1 N–H and O–H groups in total. The standard InChI is InChI=1S/C22H24ClN3O3S/c1-25(2)16-10-12-26(13-11-16)30(28,29)17-8-6-15(7-9-17)21-14-19-18(22(27)24-21)4-3-5-20(19)23/h3-9,14,16H,10-13H2,1-2H3,(H,24,27). The lowest BCUT2D eigenvalue weighted by molar-refractivity contribution is 0.196. The summed E-state index contributed by atoms with van der Waals surface area (Å²) in [4.78, 5) is 17.7. The van der Waals surface area contributed by atoms with Gasteiger partial charge in [-0.3, -0.25) is 4.79 Å². The smallest absolute Gasteiger partial charge is 0.256 e. The fourth-order valence-corrected chi connectivity index (χ4v) is 5.66. The summed E-state index contributed by atoms with van der Waals surface area (Å²) in [5, 5.41) is 1.69. The maximum absolute atomic E-state index is 13.0. The van der Waals surface area contributed by atoms with Gasteiger partial charge in [-0.15, -0.1) is 0 Å². The van der Waals surface area contributed by atoms with Crippen molar-refractivity contribution >= 4 is 32.4 Å². The van der Waals surface area contributed by atoms with Crippen LogP contribution in [0, 0.1) is 0 Å². The fraction of sp³-hybridized carbons (Fsp3) is 0.318. The Morgan fingerprint density at radius 1 is 1.03 bits per heavy atom. The van der Waals surface area contributed by atoms with Gasteiger partial charge in [0.05, 0.1) is 4.90 Å². The van der Waals surface area contributed by atoms with Crippen LogP contribution in [0.3, 0.4) is 0 Å². The lowest BCUT2D eigenvalue weighted by Gasteiger charge is -2.34. The third-order valence-electron chi connectivity index (χ3n) is 5.79. The van der Waals surface area contributed by atoms with Crippen molar-refractivity contribution in [3.05, 3.63) is 63.9 Å². The summed E-state index contributed by atoms with van der Waals surface area (Å²) in [6.07, 6.45) is 1.65. The number of rotatable bonds is 4. The largest absolute Gasteiger partial charge is 0.321 e. The Labute approximate surface area is 181 Å². The van der Waals surface area contributed by atoms with Crippen LogP contribution in [0.25, 0.3) is 22.0 Å². The summed E-state index contributed by atoms with van der Waals surface area (Å²) >= 11 is 6.25. The van der Waals surface area contributed by atoms with Crippen molar-refractivity contribution in [3.63, 3.8) is 0 Å². The Kier molecular flexibility index (Phi) is 5.72. The van der Waals surface area contributed by atoms with E-state index in [1.165, 1.54) is 0 Å². The van der Waals surface area contributed by atoms with Gasteiger partial charge < -0.3 is 9.88 Å². The Morgan fingerprint density at radius 3 is 2.33 bits per heavy atom. The molecule has 0 spiro atoms. The first-order valence-corrected chi connectivity index (χ1v) is 11.7. The van der Waals surface area contributed by atoms with Crippen LogP contribution < -0.4 is 5.56 Å². The van der Waals surface area contributed by atoms with Gasteiger partial charge >= 0.3 is 0 Å². The SMILES string of the molecule is CN(C)C1CCN(S(=O)(=O)c2ccc(-c3cc4c(Cl)cccc4c(=O)[nH]3)cc2)CC1. The molecule has 1 saturated heterocycles. The summed E-state index contributed by atoms with van der Waals surface area (Å²) in [7, 11) is 0.513. The summed E-state index contributed by atoms with van der Waals surface area (Å²) < 4.78 is 27.6. The van der Waals surface area contributed by atoms with Gasteiger partial charge in [0.15, 0.2) is 0 Å². The highest BCUT2D eigenvalue weighted by atomic mass is 35.5. The maximum Gasteiger partial charge on any atom is 0.256 e. The number of H-pyrrole nitrogens is 1. The van der Waals surface area contributed by atoms with Crippen LogP contribution in [0.15, 0.2) is 58.2 Å². The first-order valence-electron chi connectivity index (χ1n) is 9.86. The molecular weight excluding hydrogens is 422 g/mol. The lowest BCUT2D eigenvalue weighted by Crippen LogP contribution is -2.44. The van der Waals surface area contributed by atoms with E-state index >= 15 is 0 Å². The van der Waals surface area contributed by atoms with Crippen molar-refractivity contribution in [2.75, 3.05) is 27.2 Å². The molecule has 4 rings (SSSR count). The van der Waals surface area contributed by atoms with Crippen LogP contribution in [-0.4, -0.2) is 55.8 Å². The lowest BCUT2D eigenvalue weighted by atomic mass is 10.1. The van der Waals surface area contributed by atoms with Crippen LogP contribution in [0.2, 0.25) is 5.02 Å². The number of halogens is 1. The van der Waals surface area contributed by atoms with Crippen molar-refractivity contribution in [1.82, 2.24) is 14.2 Å². The van der Waals surface area contributed by atoms with Gasteiger partial charge in [-0.05, 0) is 62.8 Å². The highest BCUT2D eigenvalue weighted by molar-refractivity contribution is 7.89. The van der Waals surface area contributed by atoms with Crippen molar-refractivity contribution in [3.8, 4) is 11.3 Å². The minimum absolute atomic E-state index is 0.231. The molecule has 0 amide bonds. The predicted molar refractivity (Wildman–Crippen MR) is 120 cm³/mol. The fourth-order valence-electron chi connectivity index (χ4n) is 3.96. The molecule has 158 valence electrons. The molecule has 2 heterocycles. The molecule has 0 radical (unpaired) electrons. The molecule has 1 aliphatic rings. The number of benzene rings is 2. The minimum atomic E-state index is -3.54. The van der Waals surface area contributed by atoms with Crippen LogP contribution >= 0.6 is 11.6 Å². The summed E-state index contributed by atoms with van der Waals surface area (Å²) in [6.45, 7) is 1.03. The van der Waals surface area contributed by atoms with E-state index in [0.717, 1.165) is 18.4 Å². The molecule has 0 aliphatic carbocycles. The summed E-state index contributed by atoms with van der Waals surface area (Å²) in [5.41, 5.74) is 1.08. The van der Waals surface area contributed by atoms with Gasteiger partial charge in [0.1, 0.15) is 0 Å². The third-order valence-corrected chi connectivity index (χ3v) is 8.03. The van der Waals surface area contributed by atoms with Gasteiger partial charge in [0.25, 0.3) is 5.56 Å². The van der Waals surface area contributed by atoms with Gasteiger partial charge in [0, 0.05) is 40.6 Å². The van der Waals surface area contributed by atoms with Crippen LogP contribution in [0.5, 0.6) is 0 Å². The normalized spacial score (nSPS) is 16.4. The Bertz CT molecular complexity index is 1230. The van der Waals surface area contributed by atoms with Crippen molar-refractivity contribution in [1.29, 1.82) is 0 Å². The summed E-state index contributed by atoms with van der Waals surface area (Å²) in [5.74, 6) is 0. The molecular formula is C22H24ClN3O3S. The number of nitrogens with zero attached hydrogens (tertiary/aromatic N) is 2. The topological polar surface area (TPSA) is 73.5 Å². The van der Waals surface area contributed by atoms with Crippen LogP contribution in [0.1, 0.15) is 12.8 Å². The van der Waals surface area contributed by atoms with Crippen LogP contribution in [-0.2, 0) is 10.0 Å². The van der Waals surface area contributed by atoms with E-state index < -0.39 is 10.0 Å². The number of sulfonamides is 1. The minimum Gasteiger partial charge on any atom is -0.321 e. The van der Waals surface area contributed by atoms with E-state index in [-0.39, 0.29) is 10.5 Å². The Morgan fingerprint density at radius 2 is 1.70 bits per heavy atom. The van der Waals surface area contributed by atoms with Gasteiger partial charge in [-0.1, -0.05) is 29.8 Å². The number of pyridine rings is 1. The van der Waals surface area contributed by atoms with E-state index in [4.69, 9.17) is 11.6 Å². The first-order chi connectivity index (χ1) is 14.3. The highest BCUT2D eigenvalue weighted by Gasteiger charge is 2.30. The molecule has 0 bridgehead atoms. The number of nitrogens with one attached hydrogen (secondary N) is 1. The molecule has 0 saturated carbocycles. The van der Waals surface area contributed by atoms with Gasteiger partial charge in [0.2, 0.25) is 10.0 Å². The zero-order valence-corrected chi connectivity index (χ0v) is 18.5. The quantitative estimate of drug-likeness (QED) is 0.666. The Balaban J connectivity index is 1.61. The maximum atomic E-state index is 13.0. The molecule has 1 aliphatic heterocycles. The molecule has 8 heteroatoms. The number of aromatic nitrogens is 1.